The van der Waals surface area contributed by atoms with Gasteiger partial charge in [-0.05, 0) is 43.7 Å². The topological polar surface area (TPSA) is 101 Å². The van der Waals surface area contributed by atoms with Crippen molar-refractivity contribution in [3.63, 3.8) is 0 Å². The van der Waals surface area contributed by atoms with Gasteiger partial charge in [-0.25, -0.2) is 0 Å². The van der Waals surface area contributed by atoms with Gasteiger partial charge >= 0.3 is 0 Å². The normalized spacial score (nSPS) is 17.9. The first kappa shape index (κ1) is 17.1. The Morgan fingerprint density at radius 1 is 1.30 bits per heavy atom. The lowest BCUT2D eigenvalue weighted by molar-refractivity contribution is 0.243. The van der Waals surface area contributed by atoms with Crippen LogP contribution >= 0.6 is 0 Å². The minimum absolute atomic E-state index is 0.0116. The molecule has 2 rings (SSSR count). The number of rotatable bonds is 4. The lowest BCUT2D eigenvalue weighted by Crippen LogP contribution is -2.27. The van der Waals surface area contributed by atoms with E-state index in [2.05, 4.69) is 6.92 Å². The lowest BCUT2D eigenvalue weighted by atomic mass is 10.0. The fourth-order valence-corrected chi connectivity index (χ4v) is 2.31. The molecule has 1 fully saturated rings. The van der Waals surface area contributed by atoms with Crippen molar-refractivity contribution in [1.82, 2.24) is 0 Å². The Hall–Kier alpha value is -0.950. The summed E-state index contributed by atoms with van der Waals surface area (Å²) in [4.78, 5) is -0.0666. The predicted molar refractivity (Wildman–Crippen MR) is 78.0 cm³/mol. The minimum Gasteiger partial charge on any atom is -0.395 e. The summed E-state index contributed by atoms with van der Waals surface area (Å²) in [6.45, 7) is 4.20. The molecule has 0 spiro atoms. The van der Waals surface area contributed by atoms with Gasteiger partial charge < -0.3 is 10.8 Å². The largest absolute Gasteiger partial charge is 0.395 e. The smallest absolute Gasteiger partial charge is 0.294 e. The van der Waals surface area contributed by atoms with Crippen LogP contribution in [0, 0.1) is 12.3 Å². The Labute approximate surface area is 120 Å². The molecule has 1 aliphatic rings. The molecule has 1 aliphatic carbocycles. The van der Waals surface area contributed by atoms with Crippen molar-refractivity contribution in [2.75, 3.05) is 6.61 Å². The van der Waals surface area contributed by atoms with Crippen molar-refractivity contribution in [1.29, 1.82) is 0 Å². The third kappa shape index (κ3) is 6.00. The molecule has 20 heavy (non-hydrogen) atoms. The van der Waals surface area contributed by atoms with E-state index in [0.29, 0.717) is 5.41 Å². The van der Waals surface area contributed by atoms with Gasteiger partial charge in [0, 0.05) is 6.04 Å². The standard InChI is InChI=1S/C7H15NO.C7H8O3S/c1-7(2-3-7)4-6(8)5-9;1-6-2-4-7(5-3-6)11(8,9)10/h6,9H,2-5,8H2,1H3;2-5H,1H3,(H,8,9,10). The first-order valence-corrected chi connectivity index (χ1v) is 8.01. The van der Waals surface area contributed by atoms with E-state index in [0.717, 1.165) is 12.0 Å². The second-order valence-corrected chi connectivity index (χ2v) is 7.17. The van der Waals surface area contributed by atoms with Gasteiger partial charge in [-0.3, -0.25) is 4.55 Å². The molecule has 1 saturated carbocycles. The zero-order valence-electron chi connectivity index (χ0n) is 11.9. The molecule has 1 aromatic rings. The van der Waals surface area contributed by atoms with Gasteiger partial charge in [0.05, 0.1) is 11.5 Å². The fourth-order valence-electron chi connectivity index (χ4n) is 1.83. The van der Waals surface area contributed by atoms with Crippen LogP contribution in [0.25, 0.3) is 0 Å². The number of aryl methyl sites for hydroxylation is 1. The summed E-state index contributed by atoms with van der Waals surface area (Å²) in [5, 5.41) is 8.60. The summed E-state index contributed by atoms with van der Waals surface area (Å²) in [5.74, 6) is 0. The quantitative estimate of drug-likeness (QED) is 0.735. The summed E-state index contributed by atoms with van der Waals surface area (Å²) < 4.78 is 29.6. The van der Waals surface area contributed by atoms with Crippen molar-refractivity contribution < 1.29 is 18.1 Å². The van der Waals surface area contributed by atoms with Crippen molar-refractivity contribution in [3.8, 4) is 0 Å². The molecule has 0 heterocycles. The van der Waals surface area contributed by atoms with E-state index in [4.69, 9.17) is 15.4 Å². The Bertz CT molecular complexity index is 521. The Kier molecular flexibility index (Phi) is 5.70. The SMILES string of the molecule is CC1(CC(N)CO)CC1.Cc1ccc(S(=O)(=O)O)cc1. The van der Waals surface area contributed by atoms with Crippen molar-refractivity contribution >= 4 is 10.1 Å². The van der Waals surface area contributed by atoms with Crippen LogP contribution < -0.4 is 5.73 Å². The number of nitrogens with two attached hydrogens (primary N) is 1. The van der Waals surface area contributed by atoms with Gasteiger partial charge in [-0.2, -0.15) is 8.42 Å². The van der Waals surface area contributed by atoms with Crippen molar-refractivity contribution in [2.24, 2.45) is 11.1 Å². The van der Waals surface area contributed by atoms with E-state index in [1.165, 1.54) is 25.0 Å². The Morgan fingerprint density at radius 2 is 1.80 bits per heavy atom. The summed E-state index contributed by atoms with van der Waals surface area (Å²) in [6, 6.07) is 6.00. The number of benzene rings is 1. The number of aliphatic hydroxyl groups is 1. The molecule has 1 atom stereocenters. The average Bonchev–Trinajstić information content (AvgIpc) is 3.07. The monoisotopic (exact) mass is 301 g/mol. The van der Waals surface area contributed by atoms with Gasteiger partial charge in [0.25, 0.3) is 10.1 Å². The average molecular weight is 301 g/mol. The van der Waals surface area contributed by atoms with Crippen LogP contribution in [0.3, 0.4) is 0 Å². The van der Waals surface area contributed by atoms with Crippen LogP contribution in [0.4, 0.5) is 0 Å². The molecule has 114 valence electrons. The number of aliphatic hydroxyl groups excluding tert-OH is 1. The first-order chi connectivity index (χ1) is 9.16. The molecule has 0 bridgehead atoms. The van der Waals surface area contributed by atoms with Crippen molar-refractivity contribution in [3.05, 3.63) is 29.8 Å². The molecule has 0 amide bonds. The van der Waals surface area contributed by atoms with Crippen LogP contribution in [-0.4, -0.2) is 30.7 Å². The minimum atomic E-state index is -4.02. The molecule has 0 aliphatic heterocycles. The van der Waals surface area contributed by atoms with Gasteiger partial charge in [0.15, 0.2) is 0 Å². The van der Waals surface area contributed by atoms with Crippen LogP contribution in [-0.2, 0) is 10.1 Å². The molecule has 0 aromatic heterocycles. The van der Waals surface area contributed by atoms with Gasteiger partial charge in [0.2, 0.25) is 0 Å². The van der Waals surface area contributed by atoms with Gasteiger partial charge in [-0.1, -0.05) is 24.6 Å². The molecule has 6 heteroatoms. The Balaban J connectivity index is 0.000000204. The second-order valence-electron chi connectivity index (χ2n) is 5.75. The predicted octanol–water partition coefficient (Wildman–Crippen LogP) is 1.74. The van der Waals surface area contributed by atoms with Gasteiger partial charge in [0.1, 0.15) is 0 Å². The van der Waals surface area contributed by atoms with Crippen molar-refractivity contribution in [2.45, 2.75) is 44.0 Å². The highest BCUT2D eigenvalue weighted by molar-refractivity contribution is 7.85. The summed E-state index contributed by atoms with van der Waals surface area (Å²) in [6.07, 6.45) is 3.57. The molecule has 1 aromatic carbocycles. The van der Waals surface area contributed by atoms with Crippen LogP contribution in [0.15, 0.2) is 29.2 Å². The lowest BCUT2D eigenvalue weighted by Gasteiger charge is -2.12. The summed E-state index contributed by atoms with van der Waals surface area (Å²) >= 11 is 0. The maximum atomic E-state index is 10.5. The zero-order valence-corrected chi connectivity index (χ0v) is 12.7. The van der Waals surface area contributed by atoms with Crippen LogP contribution in [0.1, 0.15) is 31.7 Å². The highest BCUT2D eigenvalue weighted by Gasteiger charge is 2.38. The zero-order chi connectivity index (χ0) is 15.4. The third-order valence-corrected chi connectivity index (χ3v) is 4.28. The van der Waals surface area contributed by atoms with Gasteiger partial charge in [-0.15, -0.1) is 0 Å². The molecule has 0 radical (unpaired) electrons. The van der Waals surface area contributed by atoms with E-state index < -0.39 is 10.1 Å². The Morgan fingerprint density at radius 3 is 2.15 bits per heavy atom. The fraction of sp³-hybridized carbons (Fsp3) is 0.571. The van der Waals surface area contributed by atoms with E-state index in [1.807, 2.05) is 6.92 Å². The van der Waals surface area contributed by atoms with Crippen LogP contribution in [0.5, 0.6) is 0 Å². The highest BCUT2D eigenvalue weighted by Crippen LogP contribution is 2.48. The van der Waals surface area contributed by atoms with E-state index in [1.54, 1.807) is 12.1 Å². The van der Waals surface area contributed by atoms with E-state index in [-0.39, 0.29) is 17.5 Å². The molecular formula is C14H23NO4S. The summed E-state index contributed by atoms with van der Waals surface area (Å²) in [7, 11) is -4.02. The molecule has 4 N–H and O–H groups in total. The number of hydrogen-bond donors (Lipinski definition) is 3. The molecule has 1 unspecified atom stereocenters. The van der Waals surface area contributed by atoms with E-state index in [9.17, 15) is 8.42 Å². The number of hydrogen-bond acceptors (Lipinski definition) is 4. The van der Waals surface area contributed by atoms with E-state index >= 15 is 0 Å². The molecular weight excluding hydrogens is 278 g/mol. The van der Waals surface area contributed by atoms with Crippen LogP contribution in [0.2, 0.25) is 0 Å². The third-order valence-electron chi connectivity index (χ3n) is 3.41. The highest BCUT2D eigenvalue weighted by atomic mass is 32.2. The summed E-state index contributed by atoms with van der Waals surface area (Å²) in [5.41, 5.74) is 6.99. The maximum Gasteiger partial charge on any atom is 0.294 e. The molecule has 0 saturated heterocycles. The first-order valence-electron chi connectivity index (χ1n) is 6.57. The second kappa shape index (κ2) is 6.67. The molecule has 5 nitrogen and oxygen atoms in total. The maximum absolute atomic E-state index is 10.5.